The number of hydrogen-bond acceptors (Lipinski definition) is 3. The third-order valence-corrected chi connectivity index (χ3v) is 6.89. The van der Waals surface area contributed by atoms with Crippen LogP contribution in [-0.4, -0.2) is 10.9 Å². The first-order chi connectivity index (χ1) is 17.2. The van der Waals surface area contributed by atoms with Crippen LogP contribution < -0.4 is 9.47 Å². The fourth-order valence-electron chi connectivity index (χ4n) is 5.05. The van der Waals surface area contributed by atoms with Gasteiger partial charge in [0, 0.05) is 30.3 Å². The lowest BCUT2D eigenvalue weighted by atomic mass is 9.88. The van der Waals surface area contributed by atoms with Gasteiger partial charge in [-0.2, -0.15) is 0 Å². The molecule has 0 bridgehead atoms. The van der Waals surface area contributed by atoms with Crippen molar-refractivity contribution < 1.29 is 9.47 Å². The Bertz CT molecular complexity index is 1220. The summed E-state index contributed by atoms with van der Waals surface area (Å²) in [7, 11) is 0. The second-order valence-electron chi connectivity index (χ2n) is 9.43. The van der Waals surface area contributed by atoms with Crippen LogP contribution in [0.1, 0.15) is 47.7 Å². The van der Waals surface area contributed by atoms with Crippen molar-refractivity contribution in [2.45, 2.75) is 52.1 Å². The van der Waals surface area contributed by atoms with E-state index in [2.05, 4.69) is 97.6 Å². The maximum absolute atomic E-state index is 6.48. The third-order valence-electron chi connectivity index (χ3n) is 6.89. The van der Waals surface area contributed by atoms with Crippen molar-refractivity contribution in [1.29, 1.82) is 0 Å². The Morgan fingerprint density at radius 1 is 0.686 bits per heavy atom. The van der Waals surface area contributed by atoms with Gasteiger partial charge >= 0.3 is 0 Å². The van der Waals surface area contributed by atoms with E-state index >= 15 is 0 Å². The standard InChI is InChI=1S/C32H33NO2/c1-24-18-29-19-30(34-22-27-14-8-4-9-15-27)20-31(35-23-28-16-10-5-11-17-28)32(29)25(2)33(24)21-26-12-6-3-7-13-26/h3-17,19-20,24-25H,18,21-23H2,1-2H3. The van der Waals surface area contributed by atoms with Crippen LogP contribution >= 0.6 is 0 Å². The highest BCUT2D eigenvalue weighted by Gasteiger charge is 2.32. The van der Waals surface area contributed by atoms with Gasteiger partial charge in [0.25, 0.3) is 0 Å². The van der Waals surface area contributed by atoms with Crippen LogP contribution in [-0.2, 0) is 26.2 Å². The number of ether oxygens (including phenoxy) is 2. The molecular formula is C32H33NO2. The van der Waals surface area contributed by atoms with Gasteiger partial charge in [-0.3, -0.25) is 4.90 Å². The van der Waals surface area contributed by atoms with Gasteiger partial charge in [0.05, 0.1) is 0 Å². The summed E-state index contributed by atoms with van der Waals surface area (Å²) in [5.74, 6) is 1.79. The van der Waals surface area contributed by atoms with Gasteiger partial charge in [-0.1, -0.05) is 91.0 Å². The van der Waals surface area contributed by atoms with E-state index < -0.39 is 0 Å². The van der Waals surface area contributed by atoms with Gasteiger partial charge < -0.3 is 9.47 Å². The van der Waals surface area contributed by atoms with Crippen molar-refractivity contribution in [2.24, 2.45) is 0 Å². The molecule has 3 heteroatoms. The van der Waals surface area contributed by atoms with Crippen LogP contribution in [0.3, 0.4) is 0 Å². The number of hydrogen-bond donors (Lipinski definition) is 0. The number of benzene rings is 4. The molecule has 0 aromatic heterocycles. The molecule has 0 amide bonds. The van der Waals surface area contributed by atoms with E-state index in [1.54, 1.807) is 0 Å². The van der Waals surface area contributed by atoms with Gasteiger partial charge in [0.2, 0.25) is 0 Å². The second-order valence-corrected chi connectivity index (χ2v) is 9.43. The normalized spacial score (nSPS) is 17.5. The lowest BCUT2D eigenvalue weighted by molar-refractivity contribution is 0.125. The largest absolute Gasteiger partial charge is 0.489 e. The predicted molar refractivity (Wildman–Crippen MR) is 142 cm³/mol. The molecule has 35 heavy (non-hydrogen) atoms. The fourth-order valence-corrected chi connectivity index (χ4v) is 5.05. The van der Waals surface area contributed by atoms with Crippen molar-refractivity contribution in [3.05, 3.63) is 131 Å². The SMILES string of the molecule is CC1Cc2cc(OCc3ccccc3)cc(OCc3ccccc3)c2C(C)N1Cc1ccccc1. The fraction of sp³-hybridized carbons (Fsp3) is 0.250. The van der Waals surface area contributed by atoms with Gasteiger partial charge in [0.1, 0.15) is 24.7 Å². The van der Waals surface area contributed by atoms with Gasteiger partial charge in [-0.25, -0.2) is 0 Å². The van der Waals surface area contributed by atoms with E-state index in [1.807, 2.05) is 24.3 Å². The summed E-state index contributed by atoms with van der Waals surface area (Å²) in [5, 5.41) is 0. The molecule has 1 heterocycles. The molecule has 4 aromatic carbocycles. The van der Waals surface area contributed by atoms with Crippen LogP contribution in [0.25, 0.3) is 0 Å². The molecule has 0 saturated carbocycles. The molecule has 178 valence electrons. The first-order valence-corrected chi connectivity index (χ1v) is 12.5. The summed E-state index contributed by atoms with van der Waals surface area (Å²) in [4.78, 5) is 2.58. The first-order valence-electron chi connectivity index (χ1n) is 12.5. The Balaban J connectivity index is 1.44. The third kappa shape index (κ3) is 5.58. The molecule has 1 aliphatic heterocycles. The minimum absolute atomic E-state index is 0.239. The summed E-state index contributed by atoms with van der Waals surface area (Å²) >= 11 is 0. The second kappa shape index (κ2) is 10.8. The summed E-state index contributed by atoms with van der Waals surface area (Å²) in [6.07, 6.45) is 0.969. The monoisotopic (exact) mass is 463 g/mol. The number of nitrogens with zero attached hydrogens (tertiary/aromatic N) is 1. The molecule has 0 fully saturated rings. The van der Waals surface area contributed by atoms with Gasteiger partial charge in [0.15, 0.2) is 0 Å². The van der Waals surface area contributed by atoms with E-state index in [4.69, 9.17) is 9.47 Å². The molecule has 0 N–H and O–H groups in total. The van der Waals surface area contributed by atoms with Crippen molar-refractivity contribution in [3.63, 3.8) is 0 Å². The highest BCUT2D eigenvalue weighted by molar-refractivity contribution is 5.50. The quantitative estimate of drug-likeness (QED) is 0.273. The Morgan fingerprint density at radius 3 is 1.83 bits per heavy atom. The molecule has 5 rings (SSSR count). The van der Waals surface area contributed by atoms with Crippen LogP contribution in [0.2, 0.25) is 0 Å². The Kier molecular flexibility index (Phi) is 7.15. The summed E-state index contributed by atoms with van der Waals surface area (Å²) in [5.41, 5.74) is 6.26. The minimum Gasteiger partial charge on any atom is -0.489 e. The smallest absolute Gasteiger partial charge is 0.128 e. The topological polar surface area (TPSA) is 21.7 Å². The van der Waals surface area contributed by atoms with Crippen LogP contribution in [0.15, 0.2) is 103 Å². The van der Waals surface area contributed by atoms with Gasteiger partial charge in [-0.15, -0.1) is 0 Å². The first kappa shape index (κ1) is 23.2. The average Bonchev–Trinajstić information content (AvgIpc) is 2.90. The van der Waals surface area contributed by atoms with Crippen molar-refractivity contribution in [1.82, 2.24) is 4.90 Å². The maximum atomic E-state index is 6.48. The summed E-state index contributed by atoms with van der Waals surface area (Å²) < 4.78 is 12.7. The van der Waals surface area contributed by atoms with Gasteiger partial charge in [-0.05, 0) is 48.6 Å². The molecule has 0 spiro atoms. The summed E-state index contributed by atoms with van der Waals surface area (Å²) in [6.45, 7) is 6.63. The zero-order valence-electron chi connectivity index (χ0n) is 20.6. The molecule has 2 atom stereocenters. The minimum atomic E-state index is 0.239. The van der Waals surface area contributed by atoms with E-state index in [9.17, 15) is 0 Å². The Hall–Kier alpha value is -3.56. The molecule has 3 nitrogen and oxygen atoms in total. The van der Waals surface area contributed by atoms with Crippen LogP contribution in [0.4, 0.5) is 0 Å². The predicted octanol–water partition coefficient (Wildman–Crippen LogP) is 7.35. The lowest BCUT2D eigenvalue weighted by Gasteiger charge is -2.41. The van der Waals surface area contributed by atoms with Crippen molar-refractivity contribution >= 4 is 0 Å². The molecule has 2 unspecified atom stereocenters. The van der Waals surface area contributed by atoms with E-state index in [1.165, 1.54) is 16.7 Å². The Morgan fingerprint density at radius 2 is 1.23 bits per heavy atom. The van der Waals surface area contributed by atoms with Crippen LogP contribution in [0.5, 0.6) is 11.5 Å². The number of rotatable bonds is 8. The molecular weight excluding hydrogens is 430 g/mol. The highest BCUT2D eigenvalue weighted by Crippen LogP contribution is 2.42. The molecule has 4 aromatic rings. The number of fused-ring (bicyclic) bond motifs is 1. The van der Waals surface area contributed by atoms with Crippen molar-refractivity contribution in [2.75, 3.05) is 0 Å². The summed E-state index contributed by atoms with van der Waals surface area (Å²) in [6, 6.07) is 36.4. The lowest BCUT2D eigenvalue weighted by Crippen LogP contribution is -2.40. The Labute approximate surface area is 209 Å². The molecule has 1 aliphatic rings. The average molecular weight is 464 g/mol. The zero-order chi connectivity index (χ0) is 24.0. The van der Waals surface area contributed by atoms with Crippen molar-refractivity contribution in [3.8, 4) is 11.5 Å². The molecule has 0 radical (unpaired) electrons. The van der Waals surface area contributed by atoms with E-state index in [0.29, 0.717) is 19.3 Å². The molecule has 0 aliphatic carbocycles. The highest BCUT2D eigenvalue weighted by atomic mass is 16.5. The zero-order valence-corrected chi connectivity index (χ0v) is 20.6. The molecule has 0 saturated heterocycles. The van der Waals surface area contributed by atoms with Crippen LogP contribution in [0, 0.1) is 0 Å². The maximum Gasteiger partial charge on any atom is 0.128 e. The van der Waals surface area contributed by atoms with E-state index in [0.717, 1.165) is 35.6 Å². The van der Waals surface area contributed by atoms with E-state index in [-0.39, 0.29) is 6.04 Å².